The van der Waals surface area contributed by atoms with Gasteiger partial charge >= 0.3 is 6.18 Å². The molecular formula is C29H32F3N3O4S. The van der Waals surface area contributed by atoms with Gasteiger partial charge in [0.1, 0.15) is 12.6 Å². The predicted octanol–water partition coefficient (Wildman–Crippen LogP) is 5.23. The van der Waals surface area contributed by atoms with Gasteiger partial charge in [-0.1, -0.05) is 68.4 Å². The summed E-state index contributed by atoms with van der Waals surface area (Å²) in [5, 5.41) is 2.78. The lowest BCUT2D eigenvalue weighted by molar-refractivity contribution is -0.140. The molecule has 3 aromatic carbocycles. The number of halogens is 3. The molecule has 40 heavy (non-hydrogen) atoms. The lowest BCUT2D eigenvalue weighted by atomic mass is 10.1. The van der Waals surface area contributed by atoms with Crippen molar-refractivity contribution in [3.05, 3.63) is 96.1 Å². The smallest absolute Gasteiger partial charge is 0.354 e. The highest BCUT2D eigenvalue weighted by molar-refractivity contribution is 7.92. The quantitative estimate of drug-likeness (QED) is 0.320. The predicted molar refractivity (Wildman–Crippen MR) is 147 cm³/mol. The lowest BCUT2D eigenvalue weighted by Gasteiger charge is -2.33. The van der Waals surface area contributed by atoms with E-state index in [1.54, 1.807) is 43.3 Å². The Morgan fingerprint density at radius 2 is 1.52 bits per heavy atom. The topological polar surface area (TPSA) is 86.8 Å². The third-order valence-electron chi connectivity index (χ3n) is 6.20. The number of nitrogens with zero attached hydrogens (tertiary/aromatic N) is 2. The van der Waals surface area contributed by atoms with Crippen LogP contribution in [0.25, 0.3) is 0 Å². The summed E-state index contributed by atoms with van der Waals surface area (Å²) in [6.07, 6.45) is -3.82. The van der Waals surface area contributed by atoms with Crippen molar-refractivity contribution in [3.8, 4) is 0 Å². The molecule has 1 atom stereocenters. The molecule has 3 aromatic rings. The normalized spacial score (nSPS) is 12.4. The molecule has 7 nitrogen and oxygen atoms in total. The van der Waals surface area contributed by atoms with Crippen molar-refractivity contribution in [2.45, 2.75) is 50.3 Å². The number of anilines is 1. The first-order valence-electron chi connectivity index (χ1n) is 12.8. The Morgan fingerprint density at radius 3 is 2.10 bits per heavy atom. The molecule has 0 bridgehead atoms. The van der Waals surface area contributed by atoms with Gasteiger partial charge in [-0.05, 0) is 48.7 Å². The maximum Gasteiger partial charge on any atom is 0.416 e. The molecule has 11 heteroatoms. The number of benzene rings is 3. The van der Waals surface area contributed by atoms with Gasteiger partial charge in [-0.3, -0.25) is 13.9 Å². The number of hydrogen-bond acceptors (Lipinski definition) is 4. The van der Waals surface area contributed by atoms with Crippen LogP contribution in [-0.4, -0.2) is 44.3 Å². The summed E-state index contributed by atoms with van der Waals surface area (Å²) in [7, 11) is -4.47. The van der Waals surface area contributed by atoms with E-state index in [0.717, 1.165) is 12.1 Å². The van der Waals surface area contributed by atoms with Gasteiger partial charge in [0.25, 0.3) is 10.0 Å². The lowest BCUT2D eigenvalue weighted by Crippen LogP contribution is -2.52. The number of carbonyl (C=O) groups is 2. The number of carbonyl (C=O) groups excluding carboxylic acids is 2. The Kier molecular flexibility index (Phi) is 10.3. The molecule has 0 heterocycles. The Hall–Kier alpha value is -3.86. The molecule has 0 aliphatic heterocycles. The zero-order valence-electron chi connectivity index (χ0n) is 22.3. The molecule has 0 unspecified atom stereocenters. The number of rotatable bonds is 12. The van der Waals surface area contributed by atoms with E-state index >= 15 is 0 Å². The standard InChI is InChI=1S/C29H32F3N3O4S/c1-3-18-33-28(37)26(4-2)34(20-22-12-7-5-8-13-22)27(36)21-35(40(38,39)25-16-9-6-10-17-25)24-15-11-14-23(19-24)29(30,31)32/h5-17,19,26H,3-4,18,20-21H2,1-2H3,(H,33,37)/t26-/m1/s1. The van der Waals surface area contributed by atoms with Crippen LogP contribution in [0.2, 0.25) is 0 Å². The SMILES string of the molecule is CCCNC(=O)[C@@H](CC)N(Cc1ccccc1)C(=O)CN(c1cccc(C(F)(F)F)c1)S(=O)(=O)c1ccccc1. The summed E-state index contributed by atoms with van der Waals surface area (Å²) in [6.45, 7) is 3.19. The average Bonchev–Trinajstić information content (AvgIpc) is 2.95. The molecule has 3 rings (SSSR count). The first kappa shape index (κ1) is 30.7. The fourth-order valence-corrected chi connectivity index (χ4v) is 5.58. The summed E-state index contributed by atoms with van der Waals surface area (Å²) in [5.41, 5.74) is -0.679. The van der Waals surface area contributed by atoms with Crippen LogP contribution in [0.15, 0.2) is 89.8 Å². The second kappa shape index (κ2) is 13.5. The van der Waals surface area contributed by atoms with E-state index in [1.165, 1.54) is 35.2 Å². The molecule has 214 valence electrons. The summed E-state index contributed by atoms with van der Waals surface area (Å²) >= 11 is 0. The van der Waals surface area contributed by atoms with Crippen molar-refractivity contribution < 1.29 is 31.2 Å². The van der Waals surface area contributed by atoms with Crippen LogP contribution in [0.1, 0.15) is 37.8 Å². The van der Waals surface area contributed by atoms with Crippen molar-refractivity contribution in [3.63, 3.8) is 0 Å². The van der Waals surface area contributed by atoms with E-state index in [1.807, 2.05) is 6.92 Å². The van der Waals surface area contributed by atoms with Crippen molar-refractivity contribution >= 4 is 27.5 Å². The van der Waals surface area contributed by atoms with Gasteiger partial charge in [-0.15, -0.1) is 0 Å². The van der Waals surface area contributed by atoms with E-state index in [4.69, 9.17) is 0 Å². The van der Waals surface area contributed by atoms with Gasteiger partial charge in [0.15, 0.2) is 0 Å². The minimum atomic E-state index is -4.73. The van der Waals surface area contributed by atoms with E-state index in [0.29, 0.717) is 28.9 Å². The number of sulfonamides is 1. The van der Waals surface area contributed by atoms with Gasteiger partial charge in [-0.25, -0.2) is 8.42 Å². The highest BCUT2D eigenvalue weighted by atomic mass is 32.2. The fraction of sp³-hybridized carbons (Fsp3) is 0.310. The Morgan fingerprint density at radius 1 is 0.900 bits per heavy atom. The highest BCUT2D eigenvalue weighted by Gasteiger charge is 2.35. The third kappa shape index (κ3) is 7.62. The molecule has 0 saturated carbocycles. The van der Waals surface area contributed by atoms with Gasteiger partial charge in [0.2, 0.25) is 11.8 Å². The van der Waals surface area contributed by atoms with Crippen LogP contribution in [0.4, 0.5) is 18.9 Å². The molecule has 0 fully saturated rings. The monoisotopic (exact) mass is 575 g/mol. The Bertz CT molecular complexity index is 1380. The zero-order valence-corrected chi connectivity index (χ0v) is 23.1. The minimum Gasteiger partial charge on any atom is -0.354 e. The summed E-state index contributed by atoms with van der Waals surface area (Å²) in [6, 6.07) is 18.9. The van der Waals surface area contributed by atoms with Crippen LogP contribution in [0, 0.1) is 0 Å². The van der Waals surface area contributed by atoms with Crippen LogP contribution < -0.4 is 9.62 Å². The molecule has 0 aliphatic carbocycles. The molecule has 2 amide bonds. The molecule has 0 aliphatic rings. The first-order chi connectivity index (χ1) is 19.0. The largest absolute Gasteiger partial charge is 0.416 e. The average molecular weight is 576 g/mol. The van der Waals surface area contributed by atoms with Gasteiger partial charge < -0.3 is 10.2 Å². The van der Waals surface area contributed by atoms with Gasteiger partial charge in [0.05, 0.1) is 16.1 Å². The third-order valence-corrected chi connectivity index (χ3v) is 7.99. The maximum atomic E-state index is 13.9. The number of hydrogen-bond donors (Lipinski definition) is 1. The number of alkyl halides is 3. The van der Waals surface area contributed by atoms with E-state index < -0.39 is 46.2 Å². The molecule has 0 aromatic heterocycles. The van der Waals surface area contributed by atoms with Gasteiger partial charge in [0, 0.05) is 13.1 Å². The summed E-state index contributed by atoms with van der Waals surface area (Å²) < 4.78 is 68.7. The van der Waals surface area contributed by atoms with Gasteiger partial charge in [-0.2, -0.15) is 13.2 Å². The van der Waals surface area contributed by atoms with Crippen molar-refractivity contribution in [1.82, 2.24) is 10.2 Å². The molecule has 0 spiro atoms. The maximum absolute atomic E-state index is 13.9. The summed E-state index contributed by atoms with van der Waals surface area (Å²) in [5.74, 6) is -1.13. The Labute approximate surface area is 232 Å². The molecule has 1 N–H and O–H groups in total. The van der Waals surface area contributed by atoms with Crippen molar-refractivity contribution in [2.75, 3.05) is 17.4 Å². The van der Waals surface area contributed by atoms with E-state index in [2.05, 4.69) is 5.32 Å². The van der Waals surface area contributed by atoms with Crippen LogP contribution >= 0.6 is 0 Å². The first-order valence-corrected chi connectivity index (χ1v) is 14.3. The van der Waals surface area contributed by atoms with E-state index in [-0.39, 0.29) is 23.5 Å². The van der Waals surface area contributed by atoms with Crippen LogP contribution in [-0.2, 0) is 32.3 Å². The molecule has 0 saturated heterocycles. The van der Waals surface area contributed by atoms with Crippen molar-refractivity contribution in [1.29, 1.82) is 0 Å². The second-order valence-corrected chi connectivity index (χ2v) is 11.0. The fourth-order valence-electron chi connectivity index (χ4n) is 4.15. The van der Waals surface area contributed by atoms with Crippen LogP contribution in [0.3, 0.4) is 0 Å². The zero-order chi connectivity index (χ0) is 29.3. The van der Waals surface area contributed by atoms with Crippen molar-refractivity contribution in [2.24, 2.45) is 0 Å². The van der Waals surface area contributed by atoms with E-state index in [9.17, 15) is 31.2 Å². The Balaban J connectivity index is 2.08. The minimum absolute atomic E-state index is 0.000456. The molecular weight excluding hydrogens is 543 g/mol. The van der Waals surface area contributed by atoms with Crippen LogP contribution in [0.5, 0.6) is 0 Å². The summed E-state index contributed by atoms with van der Waals surface area (Å²) in [4.78, 5) is 28.0. The number of amides is 2. The molecule has 0 radical (unpaired) electrons. The second-order valence-electron chi connectivity index (χ2n) is 9.10. The number of nitrogens with one attached hydrogen (secondary N) is 1. The highest BCUT2D eigenvalue weighted by Crippen LogP contribution is 2.33.